The van der Waals surface area contributed by atoms with E-state index >= 15 is 0 Å². The van der Waals surface area contributed by atoms with Crippen molar-refractivity contribution in [3.63, 3.8) is 0 Å². The Bertz CT molecular complexity index is 432. The minimum absolute atomic E-state index is 0.481. The predicted octanol–water partition coefficient (Wildman–Crippen LogP) is 2.00. The Morgan fingerprint density at radius 3 is 2.37 bits per heavy atom. The molecule has 0 saturated heterocycles. The van der Waals surface area contributed by atoms with Crippen molar-refractivity contribution in [3.8, 4) is 11.5 Å². The van der Waals surface area contributed by atoms with Crippen LogP contribution in [0, 0.1) is 0 Å². The minimum atomic E-state index is -0.481. The second kappa shape index (κ2) is 6.59. The van der Waals surface area contributed by atoms with E-state index in [1.54, 1.807) is 14.2 Å². The first-order valence-electron chi connectivity index (χ1n) is 6.24. The smallest absolute Gasteiger partial charge is 0.161 e. The third-order valence-corrected chi connectivity index (χ3v) is 3.07. The van der Waals surface area contributed by atoms with Gasteiger partial charge in [-0.1, -0.05) is 12.1 Å². The quantitative estimate of drug-likeness (QED) is 0.765. The van der Waals surface area contributed by atoms with Crippen LogP contribution in [0.3, 0.4) is 0 Å². The van der Waals surface area contributed by atoms with Crippen LogP contribution < -0.4 is 15.2 Å². The third-order valence-electron chi connectivity index (χ3n) is 3.07. The van der Waals surface area contributed by atoms with Crippen molar-refractivity contribution < 1.29 is 9.47 Å². The van der Waals surface area contributed by atoms with Crippen LogP contribution in [-0.4, -0.2) is 39.8 Å². The molecule has 0 fully saturated rings. The van der Waals surface area contributed by atoms with Crippen molar-refractivity contribution in [2.75, 3.05) is 34.9 Å². The Hall–Kier alpha value is -1.52. The fourth-order valence-corrected chi connectivity index (χ4v) is 2.24. The van der Waals surface area contributed by atoms with Crippen molar-refractivity contribution in [1.82, 2.24) is 4.90 Å². The molecule has 1 aromatic rings. The molecule has 0 aliphatic carbocycles. The summed E-state index contributed by atoms with van der Waals surface area (Å²) in [5.41, 5.74) is 7.07. The van der Waals surface area contributed by atoms with Gasteiger partial charge >= 0.3 is 0 Å². The zero-order valence-electron chi connectivity index (χ0n) is 12.3. The van der Waals surface area contributed by atoms with Gasteiger partial charge < -0.3 is 20.1 Å². The van der Waals surface area contributed by atoms with E-state index in [0.717, 1.165) is 12.1 Å². The van der Waals surface area contributed by atoms with Gasteiger partial charge in [-0.2, -0.15) is 0 Å². The average molecular weight is 264 g/mol. The van der Waals surface area contributed by atoms with Crippen LogP contribution in [0.5, 0.6) is 11.5 Å². The zero-order valence-corrected chi connectivity index (χ0v) is 12.3. The topological polar surface area (TPSA) is 47.7 Å². The molecule has 0 saturated carbocycles. The molecule has 0 aromatic heterocycles. The van der Waals surface area contributed by atoms with Gasteiger partial charge in [0.1, 0.15) is 0 Å². The SMILES string of the molecule is C=CCC(N)(CN(C)C)c1ccc(OC)c(OC)c1. The van der Waals surface area contributed by atoms with E-state index in [9.17, 15) is 0 Å². The molecule has 106 valence electrons. The number of rotatable bonds is 7. The normalized spacial score (nSPS) is 14.0. The second-order valence-corrected chi connectivity index (χ2v) is 4.96. The molecule has 0 amide bonds. The Labute approximate surface area is 115 Å². The number of hydrogen-bond acceptors (Lipinski definition) is 4. The highest BCUT2D eigenvalue weighted by Gasteiger charge is 2.27. The van der Waals surface area contributed by atoms with Crippen molar-refractivity contribution >= 4 is 0 Å². The third kappa shape index (κ3) is 3.72. The molecule has 1 unspecified atom stereocenters. The van der Waals surface area contributed by atoms with Crippen LogP contribution >= 0.6 is 0 Å². The highest BCUT2D eigenvalue weighted by atomic mass is 16.5. The van der Waals surface area contributed by atoms with Gasteiger partial charge in [0.2, 0.25) is 0 Å². The van der Waals surface area contributed by atoms with E-state index in [-0.39, 0.29) is 0 Å². The molecule has 0 aliphatic rings. The lowest BCUT2D eigenvalue weighted by atomic mass is 9.87. The summed E-state index contributed by atoms with van der Waals surface area (Å²) >= 11 is 0. The van der Waals surface area contributed by atoms with Crippen molar-refractivity contribution in [1.29, 1.82) is 0 Å². The Morgan fingerprint density at radius 1 is 1.26 bits per heavy atom. The fraction of sp³-hybridized carbons (Fsp3) is 0.467. The van der Waals surface area contributed by atoms with Gasteiger partial charge in [-0.3, -0.25) is 0 Å². The van der Waals surface area contributed by atoms with Crippen LogP contribution in [0.2, 0.25) is 0 Å². The maximum atomic E-state index is 6.54. The fourth-order valence-electron chi connectivity index (χ4n) is 2.24. The number of methoxy groups -OCH3 is 2. The summed E-state index contributed by atoms with van der Waals surface area (Å²) in [5.74, 6) is 1.40. The van der Waals surface area contributed by atoms with E-state index in [1.807, 2.05) is 38.4 Å². The standard InChI is InChI=1S/C15H24N2O2/c1-6-9-15(16,11-17(2)3)12-7-8-13(18-4)14(10-12)19-5/h6-8,10H,1,9,11,16H2,2-5H3. The van der Waals surface area contributed by atoms with Crippen molar-refractivity contribution in [2.24, 2.45) is 5.73 Å². The molecular weight excluding hydrogens is 240 g/mol. The van der Waals surface area contributed by atoms with Gasteiger partial charge in [0, 0.05) is 6.54 Å². The Morgan fingerprint density at radius 2 is 1.89 bits per heavy atom. The lowest BCUT2D eigenvalue weighted by Crippen LogP contribution is -2.45. The summed E-state index contributed by atoms with van der Waals surface area (Å²) < 4.78 is 10.6. The minimum Gasteiger partial charge on any atom is -0.493 e. The summed E-state index contributed by atoms with van der Waals surface area (Å²) in [5, 5.41) is 0. The first-order chi connectivity index (χ1) is 8.96. The van der Waals surface area contributed by atoms with Gasteiger partial charge in [-0.25, -0.2) is 0 Å². The molecule has 1 atom stereocenters. The molecule has 0 bridgehead atoms. The molecule has 0 heterocycles. The maximum Gasteiger partial charge on any atom is 0.161 e. The van der Waals surface area contributed by atoms with E-state index in [0.29, 0.717) is 17.9 Å². The number of ether oxygens (including phenoxy) is 2. The molecule has 4 heteroatoms. The Kier molecular flexibility index (Phi) is 5.39. The first-order valence-corrected chi connectivity index (χ1v) is 6.24. The predicted molar refractivity (Wildman–Crippen MR) is 78.8 cm³/mol. The van der Waals surface area contributed by atoms with Crippen LogP contribution in [0.15, 0.2) is 30.9 Å². The summed E-state index contributed by atoms with van der Waals surface area (Å²) in [6, 6.07) is 5.80. The summed E-state index contributed by atoms with van der Waals surface area (Å²) in [4.78, 5) is 2.07. The highest BCUT2D eigenvalue weighted by Crippen LogP contribution is 2.33. The van der Waals surface area contributed by atoms with Crippen LogP contribution in [-0.2, 0) is 5.54 Å². The van der Waals surface area contributed by atoms with E-state index in [4.69, 9.17) is 15.2 Å². The maximum absolute atomic E-state index is 6.54. The Balaban J connectivity index is 3.19. The molecule has 1 aromatic carbocycles. The molecule has 19 heavy (non-hydrogen) atoms. The monoisotopic (exact) mass is 264 g/mol. The van der Waals surface area contributed by atoms with Crippen LogP contribution in [0.1, 0.15) is 12.0 Å². The molecule has 0 spiro atoms. The zero-order chi connectivity index (χ0) is 14.5. The second-order valence-electron chi connectivity index (χ2n) is 4.96. The molecule has 0 aliphatic heterocycles. The van der Waals surface area contributed by atoms with Gasteiger partial charge in [-0.15, -0.1) is 6.58 Å². The number of benzene rings is 1. The largest absolute Gasteiger partial charge is 0.493 e. The molecule has 1 rings (SSSR count). The number of nitrogens with two attached hydrogens (primary N) is 1. The lowest BCUT2D eigenvalue weighted by molar-refractivity contribution is 0.285. The molecular formula is C15H24N2O2. The van der Waals surface area contributed by atoms with E-state index in [2.05, 4.69) is 11.5 Å². The van der Waals surface area contributed by atoms with Gasteiger partial charge in [0.05, 0.1) is 19.8 Å². The highest BCUT2D eigenvalue weighted by molar-refractivity contribution is 5.45. The average Bonchev–Trinajstić information content (AvgIpc) is 2.37. The van der Waals surface area contributed by atoms with Gasteiger partial charge in [-0.05, 0) is 38.2 Å². The van der Waals surface area contributed by atoms with Gasteiger partial charge in [0.15, 0.2) is 11.5 Å². The first kappa shape index (κ1) is 15.5. The van der Waals surface area contributed by atoms with E-state index < -0.39 is 5.54 Å². The van der Waals surface area contributed by atoms with Gasteiger partial charge in [0.25, 0.3) is 0 Å². The van der Waals surface area contributed by atoms with Crippen molar-refractivity contribution in [3.05, 3.63) is 36.4 Å². The van der Waals surface area contributed by atoms with Crippen LogP contribution in [0.4, 0.5) is 0 Å². The molecule has 4 nitrogen and oxygen atoms in total. The van der Waals surface area contributed by atoms with Crippen molar-refractivity contribution in [2.45, 2.75) is 12.0 Å². The number of nitrogens with zero attached hydrogens (tertiary/aromatic N) is 1. The number of hydrogen-bond donors (Lipinski definition) is 1. The summed E-state index contributed by atoms with van der Waals surface area (Å²) in [6.07, 6.45) is 2.54. The lowest BCUT2D eigenvalue weighted by Gasteiger charge is -2.32. The summed E-state index contributed by atoms with van der Waals surface area (Å²) in [6.45, 7) is 4.53. The van der Waals surface area contributed by atoms with E-state index in [1.165, 1.54) is 0 Å². The molecule has 2 N–H and O–H groups in total. The van der Waals surface area contributed by atoms with Crippen LogP contribution in [0.25, 0.3) is 0 Å². The molecule has 0 radical (unpaired) electrons. The summed E-state index contributed by atoms with van der Waals surface area (Å²) in [7, 11) is 7.26. The number of likely N-dealkylation sites (N-methyl/N-ethyl adjacent to an activating group) is 1.